The highest BCUT2D eigenvalue weighted by Gasteiger charge is 2.47. The summed E-state index contributed by atoms with van der Waals surface area (Å²) in [4.78, 5) is 19.0. The first kappa shape index (κ1) is 26.4. The summed E-state index contributed by atoms with van der Waals surface area (Å²) in [6.07, 6.45) is 0.453. The lowest BCUT2D eigenvalue weighted by molar-refractivity contribution is -0.161. The van der Waals surface area contributed by atoms with Crippen LogP contribution < -0.4 is 13.9 Å². The minimum atomic E-state index is -4.35. The summed E-state index contributed by atoms with van der Waals surface area (Å²) in [6, 6.07) is 31.1. The van der Waals surface area contributed by atoms with Crippen molar-refractivity contribution in [3.8, 4) is 11.5 Å². The van der Waals surface area contributed by atoms with Crippen LogP contribution in [0.4, 0.5) is 0 Å². The molecule has 0 amide bonds. The van der Waals surface area contributed by atoms with Crippen LogP contribution in [0.25, 0.3) is 0 Å². The van der Waals surface area contributed by atoms with Gasteiger partial charge in [0.1, 0.15) is 22.2 Å². The second kappa shape index (κ2) is 11.6. The second-order valence-electron chi connectivity index (χ2n) is 8.62. The van der Waals surface area contributed by atoms with E-state index in [0.29, 0.717) is 10.2 Å². The van der Waals surface area contributed by atoms with Crippen molar-refractivity contribution in [2.24, 2.45) is 5.41 Å². The monoisotopic (exact) mass is 535 g/mol. The number of nitrogens with zero attached hydrogens (tertiary/aromatic N) is 1. The summed E-state index contributed by atoms with van der Waals surface area (Å²) < 4.78 is 33.5. The average Bonchev–Trinajstić information content (AvgIpc) is 2.90. The Morgan fingerprint density at radius 1 is 0.784 bits per heavy atom. The Kier molecular flexibility index (Phi) is 8.24. The van der Waals surface area contributed by atoms with Crippen LogP contribution in [-0.2, 0) is 13.9 Å². The van der Waals surface area contributed by atoms with E-state index in [1.165, 1.54) is 10.9 Å². The highest BCUT2D eigenvalue weighted by molar-refractivity contribution is 7.71. The molecule has 0 saturated carbocycles. The number of rotatable bonds is 10. The number of carbonyl (C=O) groups is 1. The fraction of sp³-hybridized carbons (Fsp3) is 0.143. The maximum Gasteiger partial charge on any atom is 0.588 e. The lowest BCUT2D eigenvalue weighted by Gasteiger charge is -2.33. The van der Waals surface area contributed by atoms with Crippen molar-refractivity contribution >= 4 is 26.0 Å². The smallest absolute Gasteiger partial charge is 0.395 e. The van der Waals surface area contributed by atoms with E-state index >= 15 is 0 Å². The molecule has 1 unspecified atom stereocenters. The Morgan fingerprint density at radius 2 is 1.27 bits per heavy atom. The molecule has 0 aliphatic carbocycles. The van der Waals surface area contributed by atoms with Gasteiger partial charge in [-0.2, -0.15) is 4.73 Å². The third kappa shape index (κ3) is 6.74. The molecule has 0 spiro atoms. The van der Waals surface area contributed by atoms with E-state index < -0.39 is 25.3 Å². The topological polar surface area (TPSA) is 76.0 Å². The van der Waals surface area contributed by atoms with Gasteiger partial charge in [0.2, 0.25) is 0 Å². The zero-order valence-electron chi connectivity index (χ0n) is 20.3. The standard InChI is InChI=1S/C28H26NO6PS/c1-28(2,27(30)32-29-21-13-12-20-25(29)37)26(22-14-6-3-7-15-22)35-36(31,33-23-16-8-4-9-17-23)34-24-18-10-5-11-19-24/h3-21,26H,1-2H3. The van der Waals surface area contributed by atoms with Crippen LogP contribution in [-0.4, -0.2) is 10.7 Å². The summed E-state index contributed by atoms with van der Waals surface area (Å²) in [5.74, 6) is -0.0938. The molecular weight excluding hydrogens is 509 g/mol. The van der Waals surface area contributed by atoms with Gasteiger partial charge in [0.05, 0.1) is 5.41 Å². The van der Waals surface area contributed by atoms with Crippen molar-refractivity contribution in [1.82, 2.24) is 4.73 Å². The first-order valence-corrected chi connectivity index (χ1v) is 13.4. The number of aromatic nitrogens is 1. The Labute approximate surface area is 220 Å². The molecule has 0 aliphatic rings. The molecule has 0 bridgehead atoms. The van der Waals surface area contributed by atoms with Gasteiger partial charge in [-0.3, -0.25) is 4.52 Å². The van der Waals surface area contributed by atoms with Crippen LogP contribution in [0.3, 0.4) is 0 Å². The zero-order valence-corrected chi connectivity index (χ0v) is 22.0. The molecule has 3 aromatic carbocycles. The van der Waals surface area contributed by atoms with Gasteiger partial charge in [0, 0.05) is 6.20 Å². The SMILES string of the molecule is CC(C)(C(=O)On1ccccc1=S)C(OP(=O)(Oc1ccccc1)Oc1ccccc1)c1ccccc1. The van der Waals surface area contributed by atoms with E-state index in [1.54, 1.807) is 117 Å². The van der Waals surface area contributed by atoms with Crippen molar-refractivity contribution in [2.45, 2.75) is 20.0 Å². The minimum absolute atomic E-state index is 0.282. The average molecular weight is 536 g/mol. The van der Waals surface area contributed by atoms with Crippen molar-refractivity contribution in [3.63, 3.8) is 0 Å². The number of hydrogen-bond donors (Lipinski definition) is 0. The molecule has 0 radical (unpaired) electrons. The number of hydrogen-bond acceptors (Lipinski definition) is 7. The molecule has 37 heavy (non-hydrogen) atoms. The van der Waals surface area contributed by atoms with Gasteiger partial charge in [-0.1, -0.05) is 85.0 Å². The summed E-state index contributed by atoms with van der Waals surface area (Å²) in [5.41, 5.74) is -0.781. The van der Waals surface area contributed by atoms with Gasteiger partial charge in [-0.25, -0.2) is 9.36 Å². The molecule has 9 heteroatoms. The summed E-state index contributed by atoms with van der Waals surface area (Å²) in [6.45, 7) is 3.27. The number of benzene rings is 3. The van der Waals surface area contributed by atoms with Crippen LogP contribution >= 0.6 is 20.0 Å². The first-order chi connectivity index (χ1) is 17.8. The molecule has 0 aliphatic heterocycles. The highest BCUT2D eigenvalue weighted by atomic mass is 32.1. The van der Waals surface area contributed by atoms with Crippen molar-refractivity contribution in [3.05, 3.63) is 126 Å². The Bertz CT molecular complexity index is 1380. The van der Waals surface area contributed by atoms with Gasteiger partial charge in [0.15, 0.2) is 0 Å². The molecule has 1 aromatic heterocycles. The fourth-order valence-corrected chi connectivity index (χ4v) is 5.15. The quantitative estimate of drug-likeness (QED) is 0.157. The van der Waals surface area contributed by atoms with E-state index in [2.05, 4.69) is 0 Å². The van der Waals surface area contributed by atoms with Gasteiger partial charge < -0.3 is 13.9 Å². The Balaban J connectivity index is 1.72. The number of carbonyl (C=O) groups excluding carboxylic acids is 1. The predicted octanol–water partition coefficient (Wildman–Crippen LogP) is 7.22. The van der Waals surface area contributed by atoms with E-state index in [9.17, 15) is 9.36 Å². The van der Waals surface area contributed by atoms with Crippen LogP contribution in [0.1, 0.15) is 25.5 Å². The fourth-order valence-electron chi connectivity index (χ4n) is 3.45. The molecular formula is C28H26NO6PS. The van der Waals surface area contributed by atoms with Crippen molar-refractivity contribution < 1.29 is 27.8 Å². The van der Waals surface area contributed by atoms with Crippen molar-refractivity contribution in [2.75, 3.05) is 0 Å². The molecule has 0 fully saturated rings. The van der Waals surface area contributed by atoms with E-state index in [-0.39, 0.29) is 11.5 Å². The largest absolute Gasteiger partial charge is 0.588 e. The molecule has 190 valence electrons. The van der Waals surface area contributed by atoms with Crippen LogP contribution in [0.2, 0.25) is 0 Å². The van der Waals surface area contributed by atoms with Crippen molar-refractivity contribution in [1.29, 1.82) is 0 Å². The van der Waals surface area contributed by atoms with Crippen LogP contribution in [0.15, 0.2) is 115 Å². The van der Waals surface area contributed by atoms with Gasteiger partial charge in [-0.15, -0.1) is 0 Å². The summed E-state index contributed by atoms with van der Waals surface area (Å²) in [7, 11) is -4.35. The van der Waals surface area contributed by atoms with Gasteiger partial charge in [-0.05, 0) is 55.8 Å². The minimum Gasteiger partial charge on any atom is -0.395 e. The normalized spacial score (nSPS) is 12.4. The van der Waals surface area contributed by atoms with Crippen LogP contribution in [0, 0.1) is 10.1 Å². The predicted molar refractivity (Wildman–Crippen MR) is 143 cm³/mol. The molecule has 0 saturated heterocycles. The first-order valence-electron chi connectivity index (χ1n) is 11.5. The molecule has 1 atom stereocenters. The number of phosphoric acid groups is 1. The van der Waals surface area contributed by atoms with Gasteiger partial charge >= 0.3 is 13.8 Å². The van der Waals surface area contributed by atoms with E-state index in [0.717, 1.165) is 0 Å². The third-order valence-electron chi connectivity index (χ3n) is 5.41. The molecule has 1 heterocycles. The van der Waals surface area contributed by atoms with E-state index in [4.69, 9.17) is 30.6 Å². The maximum absolute atomic E-state index is 14.2. The lowest BCUT2D eigenvalue weighted by atomic mass is 9.83. The molecule has 0 N–H and O–H groups in total. The Hall–Kier alpha value is -3.71. The van der Waals surface area contributed by atoms with Crippen LogP contribution in [0.5, 0.6) is 11.5 Å². The second-order valence-corrected chi connectivity index (χ2v) is 10.5. The zero-order chi connectivity index (χ0) is 26.3. The maximum atomic E-state index is 14.2. The summed E-state index contributed by atoms with van der Waals surface area (Å²) >= 11 is 5.26. The number of pyridine rings is 1. The number of para-hydroxylation sites is 2. The Morgan fingerprint density at radius 3 is 1.78 bits per heavy atom. The van der Waals surface area contributed by atoms with Gasteiger partial charge in [0.25, 0.3) is 0 Å². The third-order valence-corrected chi connectivity index (χ3v) is 7.06. The van der Waals surface area contributed by atoms with E-state index in [1.807, 2.05) is 6.07 Å². The number of phosphoric ester groups is 1. The molecule has 4 aromatic rings. The highest BCUT2D eigenvalue weighted by Crippen LogP contribution is 2.56. The molecule has 7 nitrogen and oxygen atoms in total. The molecule has 4 rings (SSSR count). The lowest BCUT2D eigenvalue weighted by Crippen LogP contribution is -2.39. The summed E-state index contributed by atoms with van der Waals surface area (Å²) in [5, 5.41) is 0.